The second-order valence-electron chi connectivity index (χ2n) is 6.90. The summed E-state index contributed by atoms with van der Waals surface area (Å²) in [5.74, 6) is -0.984. The summed E-state index contributed by atoms with van der Waals surface area (Å²) in [5, 5.41) is 3.47. The molecule has 2 aromatic carbocycles. The third-order valence-corrected chi connectivity index (χ3v) is 6.88. The minimum Gasteiger partial charge on any atom is -0.345 e. The summed E-state index contributed by atoms with van der Waals surface area (Å²) in [6.45, 7) is 5.19. The summed E-state index contributed by atoms with van der Waals surface area (Å²) >= 11 is 6.03. The number of fused-ring (bicyclic) bond motifs is 1. The smallest absolute Gasteiger partial charge is 0.269 e. The van der Waals surface area contributed by atoms with Crippen LogP contribution in [0.5, 0.6) is 0 Å². The van der Waals surface area contributed by atoms with Gasteiger partial charge in [-0.1, -0.05) is 30.7 Å². The van der Waals surface area contributed by atoms with E-state index in [0.717, 1.165) is 9.87 Å². The summed E-state index contributed by atoms with van der Waals surface area (Å²) in [6, 6.07) is 10.6. The lowest BCUT2D eigenvalue weighted by atomic mass is 10.0. The van der Waals surface area contributed by atoms with Gasteiger partial charge in [-0.05, 0) is 56.2 Å². The lowest BCUT2D eigenvalue weighted by Crippen LogP contribution is -2.36. The van der Waals surface area contributed by atoms with Gasteiger partial charge in [-0.3, -0.25) is 9.59 Å². The van der Waals surface area contributed by atoms with Crippen LogP contribution in [0, 0.1) is 0 Å². The quantitative estimate of drug-likeness (QED) is 0.797. The van der Waals surface area contributed by atoms with Gasteiger partial charge in [-0.25, -0.2) is 12.7 Å². The van der Waals surface area contributed by atoms with Crippen molar-refractivity contribution in [3.05, 3.63) is 64.2 Å². The fraction of sp³-hybridized carbons (Fsp3) is 0.300. The molecule has 28 heavy (non-hydrogen) atoms. The highest BCUT2D eigenvalue weighted by Gasteiger charge is 2.43. The molecule has 0 spiro atoms. The zero-order valence-corrected chi connectivity index (χ0v) is 17.3. The van der Waals surface area contributed by atoms with Crippen LogP contribution in [0.4, 0.5) is 0 Å². The van der Waals surface area contributed by atoms with E-state index >= 15 is 0 Å². The maximum Gasteiger partial charge on any atom is 0.269 e. The molecule has 0 aliphatic carbocycles. The van der Waals surface area contributed by atoms with E-state index in [2.05, 4.69) is 5.32 Å². The molecule has 0 bridgehead atoms. The van der Waals surface area contributed by atoms with E-state index in [-0.39, 0.29) is 22.1 Å². The number of halogens is 1. The molecule has 1 unspecified atom stereocenters. The highest BCUT2D eigenvalue weighted by molar-refractivity contribution is 7.90. The van der Waals surface area contributed by atoms with E-state index in [4.69, 9.17) is 11.6 Å². The molecule has 0 saturated heterocycles. The first-order valence-corrected chi connectivity index (χ1v) is 10.8. The Morgan fingerprint density at radius 2 is 1.89 bits per heavy atom. The number of amides is 2. The molecule has 2 amide bonds. The Bertz CT molecular complexity index is 1050. The highest BCUT2D eigenvalue weighted by atomic mass is 35.5. The summed E-state index contributed by atoms with van der Waals surface area (Å²) in [4.78, 5) is 25.0. The number of nitrogens with zero attached hydrogens (tertiary/aromatic N) is 1. The van der Waals surface area contributed by atoms with Crippen molar-refractivity contribution in [3.63, 3.8) is 0 Å². The fourth-order valence-electron chi connectivity index (χ4n) is 3.29. The second-order valence-corrected chi connectivity index (χ2v) is 9.12. The molecule has 6 nitrogen and oxygen atoms in total. The van der Waals surface area contributed by atoms with Crippen molar-refractivity contribution in [2.75, 3.05) is 0 Å². The number of carbonyl (C=O) groups is 2. The average molecular weight is 421 g/mol. The summed E-state index contributed by atoms with van der Waals surface area (Å²) < 4.78 is 26.3. The molecule has 148 valence electrons. The Balaban J connectivity index is 1.91. The largest absolute Gasteiger partial charge is 0.345 e. The van der Waals surface area contributed by atoms with Crippen LogP contribution < -0.4 is 5.32 Å². The lowest BCUT2D eigenvalue weighted by molar-refractivity contribution is 0.0845. The van der Waals surface area contributed by atoms with Crippen molar-refractivity contribution in [1.82, 2.24) is 9.62 Å². The van der Waals surface area contributed by atoms with Crippen molar-refractivity contribution >= 4 is 33.4 Å². The zero-order chi connectivity index (χ0) is 20.6. The molecule has 1 N–H and O–H groups in total. The Morgan fingerprint density at radius 1 is 1.18 bits per heavy atom. The van der Waals surface area contributed by atoms with Crippen molar-refractivity contribution in [2.45, 2.75) is 44.2 Å². The van der Waals surface area contributed by atoms with Gasteiger partial charge in [-0.2, -0.15) is 0 Å². The van der Waals surface area contributed by atoms with Crippen molar-refractivity contribution in [2.24, 2.45) is 0 Å². The maximum absolute atomic E-state index is 12.7. The zero-order valence-electron chi connectivity index (χ0n) is 15.8. The van der Waals surface area contributed by atoms with Crippen LogP contribution >= 0.6 is 11.6 Å². The molecular weight excluding hydrogens is 400 g/mol. The molecule has 0 aromatic heterocycles. The minimum atomic E-state index is -3.96. The standard InChI is InChI=1S/C20H21ClN2O4S/c1-4-17(13-6-5-7-15(21)10-13)22-19(24)14-8-9-16-18(11-14)28(26,27)23(12(2)3)20(16)25/h5-12,17H,4H2,1-3H3,(H,22,24). The molecule has 8 heteroatoms. The number of benzene rings is 2. The monoisotopic (exact) mass is 420 g/mol. The Morgan fingerprint density at radius 3 is 2.50 bits per heavy atom. The van der Waals surface area contributed by atoms with Crippen LogP contribution in [0.3, 0.4) is 0 Å². The van der Waals surface area contributed by atoms with E-state index in [1.807, 2.05) is 13.0 Å². The van der Waals surface area contributed by atoms with Crippen LogP contribution in [0.25, 0.3) is 0 Å². The summed E-state index contributed by atoms with van der Waals surface area (Å²) in [7, 11) is -3.96. The van der Waals surface area contributed by atoms with E-state index in [0.29, 0.717) is 11.4 Å². The molecule has 3 rings (SSSR count). The van der Waals surface area contributed by atoms with Crippen LogP contribution in [0.2, 0.25) is 5.02 Å². The molecule has 2 aromatic rings. The number of sulfonamides is 1. The minimum absolute atomic E-state index is 0.0899. The summed E-state index contributed by atoms with van der Waals surface area (Å²) in [6.07, 6.45) is 0.634. The summed E-state index contributed by atoms with van der Waals surface area (Å²) in [5.41, 5.74) is 1.13. The van der Waals surface area contributed by atoms with E-state index in [1.165, 1.54) is 18.2 Å². The van der Waals surface area contributed by atoms with E-state index < -0.39 is 27.9 Å². The van der Waals surface area contributed by atoms with Crippen molar-refractivity contribution in [1.29, 1.82) is 0 Å². The SMILES string of the molecule is CCC(NC(=O)c1ccc2c(c1)S(=O)(=O)N(C(C)C)C2=O)c1cccc(Cl)c1. The molecule has 1 atom stereocenters. The highest BCUT2D eigenvalue weighted by Crippen LogP contribution is 2.32. The predicted octanol–water partition coefficient (Wildman–Crippen LogP) is 3.77. The van der Waals surface area contributed by atoms with Gasteiger partial charge in [0.15, 0.2) is 0 Å². The first-order chi connectivity index (χ1) is 13.2. The number of carbonyl (C=O) groups excluding carboxylic acids is 2. The molecule has 1 aliphatic heterocycles. The third-order valence-electron chi connectivity index (χ3n) is 4.64. The Labute approximate surface area is 169 Å². The topological polar surface area (TPSA) is 83.6 Å². The molecule has 0 fully saturated rings. The van der Waals surface area contributed by atoms with Crippen LogP contribution in [-0.2, 0) is 10.0 Å². The molecule has 0 radical (unpaired) electrons. The van der Waals surface area contributed by atoms with Gasteiger partial charge < -0.3 is 5.32 Å². The van der Waals surface area contributed by atoms with Gasteiger partial charge in [0, 0.05) is 16.6 Å². The van der Waals surface area contributed by atoms with Gasteiger partial charge >= 0.3 is 0 Å². The van der Waals surface area contributed by atoms with Gasteiger partial charge in [0.2, 0.25) is 0 Å². The second kappa shape index (κ2) is 7.56. The predicted molar refractivity (Wildman–Crippen MR) is 107 cm³/mol. The number of nitrogens with one attached hydrogen (secondary N) is 1. The Hall–Kier alpha value is -2.38. The van der Waals surface area contributed by atoms with Gasteiger partial charge in [0.05, 0.1) is 11.6 Å². The molecule has 0 saturated carbocycles. The normalized spacial score (nSPS) is 16.2. The maximum atomic E-state index is 12.7. The van der Waals surface area contributed by atoms with Crippen molar-refractivity contribution < 1.29 is 18.0 Å². The van der Waals surface area contributed by atoms with Crippen LogP contribution in [0.1, 0.15) is 59.5 Å². The number of rotatable bonds is 5. The van der Waals surface area contributed by atoms with Gasteiger partial charge in [-0.15, -0.1) is 0 Å². The average Bonchev–Trinajstić information content (AvgIpc) is 2.84. The van der Waals surface area contributed by atoms with Crippen molar-refractivity contribution in [3.8, 4) is 0 Å². The third kappa shape index (κ3) is 3.52. The number of hydrogen-bond donors (Lipinski definition) is 1. The molecular formula is C20H21ClN2O4S. The van der Waals surface area contributed by atoms with E-state index in [9.17, 15) is 18.0 Å². The number of hydrogen-bond acceptors (Lipinski definition) is 4. The van der Waals surface area contributed by atoms with Crippen LogP contribution in [-0.4, -0.2) is 30.6 Å². The fourth-order valence-corrected chi connectivity index (χ4v) is 5.28. The van der Waals surface area contributed by atoms with Gasteiger partial charge in [0.1, 0.15) is 4.90 Å². The molecule has 1 heterocycles. The van der Waals surface area contributed by atoms with Crippen LogP contribution in [0.15, 0.2) is 47.4 Å². The first-order valence-electron chi connectivity index (χ1n) is 8.96. The van der Waals surface area contributed by atoms with Gasteiger partial charge in [0.25, 0.3) is 21.8 Å². The Kier molecular flexibility index (Phi) is 5.50. The molecule has 1 aliphatic rings. The van der Waals surface area contributed by atoms with E-state index in [1.54, 1.807) is 32.0 Å². The first kappa shape index (κ1) is 20.4. The lowest BCUT2D eigenvalue weighted by Gasteiger charge is -2.19.